The Balaban J connectivity index is 2.20. The molecule has 0 bridgehead atoms. The maximum atomic E-state index is 11.1. The molecular weight excluding hydrogens is 136 g/mol. The highest BCUT2D eigenvalue weighted by molar-refractivity contribution is 7.95. The van der Waals surface area contributed by atoms with Crippen LogP contribution >= 0.6 is 0 Å². The first-order valence-corrected chi connectivity index (χ1v) is 4.84. The van der Waals surface area contributed by atoms with Crippen molar-refractivity contribution in [3.8, 4) is 0 Å². The van der Waals surface area contributed by atoms with Gasteiger partial charge in [-0.1, -0.05) is 0 Å². The average Bonchev–Trinajstić information content (AvgIpc) is 2.62. The van der Waals surface area contributed by atoms with Crippen LogP contribution in [0.1, 0.15) is 25.7 Å². The standard InChI is InChI=1S/C6H9O2S/c7-9(8,5-1-2-5)6-3-4-6/h5H,1-4H2. The van der Waals surface area contributed by atoms with Crippen LogP contribution < -0.4 is 0 Å². The van der Waals surface area contributed by atoms with Crippen LogP contribution in [-0.4, -0.2) is 13.7 Å². The monoisotopic (exact) mass is 145 g/mol. The van der Waals surface area contributed by atoms with Crippen molar-refractivity contribution in [3.05, 3.63) is 5.25 Å². The Labute approximate surface area is 55.2 Å². The average molecular weight is 145 g/mol. The largest absolute Gasteiger partial charge is 0.228 e. The molecule has 0 N–H and O–H groups in total. The molecule has 0 heterocycles. The molecule has 3 heteroatoms. The van der Waals surface area contributed by atoms with Crippen molar-refractivity contribution in [3.63, 3.8) is 0 Å². The zero-order valence-corrected chi connectivity index (χ0v) is 5.95. The summed E-state index contributed by atoms with van der Waals surface area (Å²) in [6.45, 7) is 0. The van der Waals surface area contributed by atoms with E-state index < -0.39 is 9.84 Å². The van der Waals surface area contributed by atoms with Gasteiger partial charge in [-0.15, -0.1) is 0 Å². The minimum atomic E-state index is -2.68. The minimum Gasteiger partial charge on any atom is -0.228 e. The molecule has 0 unspecified atom stereocenters. The van der Waals surface area contributed by atoms with Gasteiger partial charge in [-0.3, -0.25) is 0 Å². The van der Waals surface area contributed by atoms with E-state index in [2.05, 4.69) is 0 Å². The molecule has 0 saturated heterocycles. The highest BCUT2D eigenvalue weighted by atomic mass is 32.2. The van der Waals surface area contributed by atoms with Gasteiger partial charge in [0.15, 0.2) is 9.84 Å². The van der Waals surface area contributed by atoms with E-state index >= 15 is 0 Å². The van der Waals surface area contributed by atoms with Crippen molar-refractivity contribution < 1.29 is 8.42 Å². The zero-order valence-electron chi connectivity index (χ0n) is 5.13. The summed E-state index contributed by atoms with van der Waals surface area (Å²) in [6.07, 6.45) is 3.51. The Morgan fingerprint density at radius 3 is 2.11 bits per heavy atom. The van der Waals surface area contributed by atoms with E-state index in [4.69, 9.17) is 0 Å². The molecule has 0 aromatic heterocycles. The molecule has 0 aliphatic heterocycles. The van der Waals surface area contributed by atoms with Crippen molar-refractivity contribution in [2.24, 2.45) is 0 Å². The normalized spacial score (nSPS) is 28.4. The highest BCUT2D eigenvalue weighted by Gasteiger charge is 2.46. The van der Waals surface area contributed by atoms with Crippen LogP contribution in [-0.2, 0) is 9.84 Å². The van der Waals surface area contributed by atoms with Crippen LogP contribution in [0.3, 0.4) is 0 Å². The molecule has 2 aliphatic carbocycles. The third-order valence-corrected chi connectivity index (χ3v) is 4.38. The van der Waals surface area contributed by atoms with E-state index in [0.717, 1.165) is 30.9 Å². The van der Waals surface area contributed by atoms with Gasteiger partial charge < -0.3 is 0 Å². The van der Waals surface area contributed by atoms with Gasteiger partial charge in [-0.2, -0.15) is 0 Å². The topological polar surface area (TPSA) is 34.1 Å². The van der Waals surface area contributed by atoms with Crippen LogP contribution in [0.25, 0.3) is 0 Å². The molecule has 0 aromatic rings. The van der Waals surface area contributed by atoms with E-state index in [0.29, 0.717) is 0 Å². The molecule has 9 heavy (non-hydrogen) atoms. The van der Waals surface area contributed by atoms with E-state index in [1.165, 1.54) is 0 Å². The van der Waals surface area contributed by atoms with E-state index in [1.54, 1.807) is 0 Å². The Morgan fingerprint density at radius 2 is 1.78 bits per heavy atom. The van der Waals surface area contributed by atoms with Gasteiger partial charge in [0.1, 0.15) is 0 Å². The predicted octanol–water partition coefficient (Wildman–Crippen LogP) is 0.889. The second kappa shape index (κ2) is 1.51. The van der Waals surface area contributed by atoms with Gasteiger partial charge >= 0.3 is 0 Å². The number of hydrogen-bond acceptors (Lipinski definition) is 2. The van der Waals surface area contributed by atoms with Crippen molar-refractivity contribution >= 4 is 9.84 Å². The maximum absolute atomic E-state index is 11.1. The Morgan fingerprint density at radius 1 is 1.22 bits per heavy atom. The fraction of sp³-hybridized carbons (Fsp3) is 0.833. The smallest absolute Gasteiger partial charge is 0.160 e. The number of hydrogen-bond donors (Lipinski definition) is 0. The summed E-state index contributed by atoms with van der Waals surface area (Å²) < 4.78 is 22.2. The SMILES string of the molecule is O=S(=O)([C]1CC1)C1CC1. The summed E-state index contributed by atoms with van der Waals surface area (Å²) in [5.74, 6) is 0. The third kappa shape index (κ3) is 0.874. The molecule has 0 atom stereocenters. The van der Waals surface area contributed by atoms with E-state index in [1.807, 2.05) is 0 Å². The lowest BCUT2D eigenvalue weighted by atomic mass is 10.9. The molecule has 0 amide bonds. The molecule has 2 fully saturated rings. The van der Waals surface area contributed by atoms with Crippen LogP contribution in [0.5, 0.6) is 0 Å². The fourth-order valence-corrected chi connectivity index (χ4v) is 2.85. The van der Waals surface area contributed by atoms with E-state index in [9.17, 15) is 8.42 Å². The molecule has 2 aliphatic rings. The lowest BCUT2D eigenvalue weighted by molar-refractivity contribution is 0.599. The summed E-state index contributed by atoms with van der Waals surface area (Å²) in [4.78, 5) is 0. The third-order valence-electron chi connectivity index (χ3n) is 1.82. The van der Waals surface area contributed by atoms with Crippen LogP contribution in [0, 0.1) is 5.25 Å². The van der Waals surface area contributed by atoms with Gasteiger partial charge in [0.05, 0.1) is 10.5 Å². The van der Waals surface area contributed by atoms with Gasteiger partial charge in [-0.05, 0) is 25.7 Å². The van der Waals surface area contributed by atoms with Gasteiger partial charge in [0.25, 0.3) is 0 Å². The summed E-state index contributed by atoms with van der Waals surface area (Å²) in [7, 11) is -2.68. The molecule has 2 rings (SSSR count). The molecule has 0 aromatic carbocycles. The quantitative estimate of drug-likeness (QED) is 0.578. The molecule has 2 nitrogen and oxygen atoms in total. The zero-order chi connectivity index (χ0) is 6.48. The maximum Gasteiger partial charge on any atom is 0.160 e. The lowest BCUT2D eigenvalue weighted by Crippen LogP contribution is -2.06. The van der Waals surface area contributed by atoms with Crippen molar-refractivity contribution in [1.29, 1.82) is 0 Å². The molecule has 1 radical (unpaired) electrons. The first-order valence-electron chi connectivity index (χ1n) is 3.30. The second-order valence-corrected chi connectivity index (χ2v) is 5.12. The van der Waals surface area contributed by atoms with Crippen molar-refractivity contribution in [2.75, 3.05) is 0 Å². The molecule has 0 spiro atoms. The Bertz CT molecular complexity index is 191. The number of rotatable bonds is 2. The Kier molecular flexibility index (Phi) is 0.958. The van der Waals surface area contributed by atoms with Gasteiger partial charge in [0.2, 0.25) is 0 Å². The van der Waals surface area contributed by atoms with Crippen LogP contribution in [0.2, 0.25) is 0 Å². The van der Waals surface area contributed by atoms with Crippen LogP contribution in [0.4, 0.5) is 0 Å². The van der Waals surface area contributed by atoms with Crippen molar-refractivity contribution in [2.45, 2.75) is 30.9 Å². The van der Waals surface area contributed by atoms with Gasteiger partial charge in [0, 0.05) is 0 Å². The van der Waals surface area contributed by atoms with Gasteiger partial charge in [-0.25, -0.2) is 8.42 Å². The van der Waals surface area contributed by atoms with Crippen molar-refractivity contribution in [1.82, 2.24) is 0 Å². The molecular formula is C6H9O2S. The summed E-state index contributed by atoms with van der Waals surface area (Å²) in [5.41, 5.74) is 0. The second-order valence-electron chi connectivity index (χ2n) is 2.78. The minimum absolute atomic E-state index is 0.0370. The fourth-order valence-electron chi connectivity index (χ4n) is 0.950. The van der Waals surface area contributed by atoms with Crippen LogP contribution in [0.15, 0.2) is 0 Å². The highest BCUT2D eigenvalue weighted by Crippen LogP contribution is 2.45. The molecule has 51 valence electrons. The first-order chi connectivity index (χ1) is 4.21. The number of sulfone groups is 1. The van der Waals surface area contributed by atoms with E-state index in [-0.39, 0.29) is 5.25 Å². The lowest BCUT2D eigenvalue weighted by Gasteiger charge is -1.93. The summed E-state index contributed by atoms with van der Waals surface area (Å²) in [6, 6.07) is 0. The Hall–Kier alpha value is -0.0500. The predicted molar refractivity (Wildman–Crippen MR) is 34.4 cm³/mol. The summed E-state index contributed by atoms with van der Waals surface area (Å²) >= 11 is 0. The molecule has 2 saturated carbocycles. The first kappa shape index (κ1) is 5.71. The summed E-state index contributed by atoms with van der Waals surface area (Å²) in [5, 5.41) is 0.847.